The van der Waals surface area contributed by atoms with E-state index in [4.69, 9.17) is 16.7 Å². The Morgan fingerprint density at radius 2 is 1.88 bits per heavy atom. The van der Waals surface area contributed by atoms with E-state index in [1.165, 1.54) is 11.8 Å². The summed E-state index contributed by atoms with van der Waals surface area (Å²) in [5.41, 5.74) is 4.71. The molecule has 34 heavy (non-hydrogen) atoms. The van der Waals surface area contributed by atoms with Crippen LogP contribution in [-0.2, 0) is 0 Å². The van der Waals surface area contributed by atoms with E-state index in [2.05, 4.69) is 40.8 Å². The van der Waals surface area contributed by atoms with Crippen molar-refractivity contribution in [1.82, 2.24) is 24.3 Å². The molecule has 0 radical (unpaired) electrons. The predicted octanol–water partition coefficient (Wildman–Crippen LogP) is 5.32. The molecule has 1 saturated heterocycles. The van der Waals surface area contributed by atoms with E-state index in [-0.39, 0.29) is 0 Å². The highest BCUT2D eigenvalue weighted by Gasteiger charge is 2.23. The van der Waals surface area contributed by atoms with E-state index < -0.39 is 0 Å². The smallest absolute Gasteiger partial charge is 0.103 e. The van der Waals surface area contributed by atoms with Crippen LogP contribution in [-0.4, -0.2) is 44.4 Å². The summed E-state index contributed by atoms with van der Waals surface area (Å²) in [5, 5.41) is 28.9. The molecule has 0 aliphatic carbocycles. The summed E-state index contributed by atoms with van der Waals surface area (Å²) in [6.45, 7) is 4.24. The lowest BCUT2D eigenvalue weighted by Crippen LogP contribution is -2.32. The summed E-state index contributed by atoms with van der Waals surface area (Å²) in [6.07, 6.45) is 7.58. The standard InChI is InChI=1S/C25H22ClN7S/c1-16-21(14-30-33(16)19-6-8-31(2)9-7-19)17-10-24(25-18(11-27)13-29-32(25)15-17)34-23-5-3-4-22(26)20(23)12-28/h3-5,10,13-15,19H,6-9H2,1-2H3. The van der Waals surface area contributed by atoms with Gasteiger partial charge in [-0.15, -0.1) is 0 Å². The van der Waals surface area contributed by atoms with Crippen LogP contribution in [0.25, 0.3) is 16.6 Å². The van der Waals surface area contributed by atoms with Crippen LogP contribution in [0.1, 0.15) is 35.7 Å². The van der Waals surface area contributed by atoms with Gasteiger partial charge in [-0.2, -0.15) is 20.7 Å². The van der Waals surface area contributed by atoms with Crippen molar-refractivity contribution >= 4 is 28.9 Å². The number of pyridine rings is 1. The summed E-state index contributed by atoms with van der Waals surface area (Å²) >= 11 is 7.68. The van der Waals surface area contributed by atoms with Gasteiger partial charge in [0, 0.05) is 32.8 Å². The van der Waals surface area contributed by atoms with Crippen LogP contribution >= 0.6 is 23.4 Å². The maximum Gasteiger partial charge on any atom is 0.103 e. The van der Waals surface area contributed by atoms with Crippen LogP contribution in [0.3, 0.4) is 0 Å². The highest BCUT2D eigenvalue weighted by molar-refractivity contribution is 7.99. The lowest BCUT2D eigenvalue weighted by Gasteiger charge is -2.29. The van der Waals surface area contributed by atoms with Gasteiger partial charge in [-0.25, -0.2) is 4.52 Å². The highest BCUT2D eigenvalue weighted by atomic mass is 35.5. The predicted molar refractivity (Wildman–Crippen MR) is 132 cm³/mol. The van der Waals surface area contributed by atoms with E-state index in [0.717, 1.165) is 52.5 Å². The van der Waals surface area contributed by atoms with Crippen LogP contribution in [0.15, 0.2) is 52.6 Å². The van der Waals surface area contributed by atoms with Crippen molar-refractivity contribution in [3.8, 4) is 23.3 Å². The molecule has 9 heteroatoms. The summed E-state index contributed by atoms with van der Waals surface area (Å²) in [5.74, 6) is 0. The molecular formula is C25H22ClN7S. The number of rotatable bonds is 4. The van der Waals surface area contributed by atoms with Crippen molar-refractivity contribution < 1.29 is 0 Å². The van der Waals surface area contributed by atoms with Crippen molar-refractivity contribution in [2.24, 2.45) is 0 Å². The maximum absolute atomic E-state index is 9.65. The SMILES string of the molecule is Cc1c(-c2cc(Sc3cccc(Cl)c3C#N)c3c(C#N)cnn3c2)cnn1C1CCN(C)CC1. The second-order valence-electron chi connectivity index (χ2n) is 8.51. The number of nitriles is 2. The van der Waals surface area contributed by atoms with Gasteiger partial charge < -0.3 is 4.90 Å². The molecule has 4 aromatic rings. The molecule has 0 saturated carbocycles. The maximum atomic E-state index is 9.65. The number of halogens is 1. The fourth-order valence-corrected chi connectivity index (χ4v) is 5.92. The first-order chi connectivity index (χ1) is 16.5. The molecule has 3 aromatic heterocycles. The Balaban J connectivity index is 1.60. The topological polar surface area (TPSA) is 85.9 Å². The van der Waals surface area contributed by atoms with Gasteiger partial charge in [0.25, 0.3) is 0 Å². The minimum Gasteiger partial charge on any atom is -0.306 e. The van der Waals surface area contributed by atoms with Crippen molar-refractivity contribution in [1.29, 1.82) is 10.5 Å². The fraction of sp³-hybridized carbons (Fsp3) is 0.280. The molecule has 170 valence electrons. The molecule has 0 bridgehead atoms. The molecule has 5 rings (SSSR count). The third-order valence-corrected chi connectivity index (χ3v) is 7.80. The summed E-state index contributed by atoms with van der Waals surface area (Å²) in [4.78, 5) is 3.92. The third-order valence-electron chi connectivity index (χ3n) is 6.39. The molecule has 1 aliphatic rings. The molecule has 0 unspecified atom stereocenters. The Morgan fingerprint density at radius 1 is 1.09 bits per heavy atom. The van der Waals surface area contributed by atoms with E-state index in [0.29, 0.717) is 27.7 Å². The van der Waals surface area contributed by atoms with Crippen LogP contribution in [0, 0.1) is 29.6 Å². The molecule has 0 spiro atoms. The van der Waals surface area contributed by atoms with Gasteiger partial charge in [0.1, 0.15) is 12.1 Å². The van der Waals surface area contributed by atoms with Gasteiger partial charge in [-0.3, -0.25) is 4.68 Å². The van der Waals surface area contributed by atoms with Crippen LogP contribution in [0.5, 0.6) is 0 Å². The third kappa shape index (κ3) is 3.95. The molecule has 0 amide bonds. The number of likely N-dealkylation sites (tertiary alicyclic amines) is 1. The van der Waals surface area contributed by atoms with Crippen LogP contribution in [0.2, 0.25) is 5.02 Å². The van der Waals surface area contributed by atoms with Gasteiger partial charge >= 0.3 is 0 Å². The van der Waals surface area contributed by atoms with Crippen molar-refractivity contribution in [3.63, 3.8) is 0 Å². The monoisotopic (exact) mass is 487 g/mol. The first-order valence-corrected chi connectivity index (χ1v) is 12.2. The van der Waals surface area contributed by atoms with Crippen LogP contribution < -0.4 is 0 Å². The summed E-state index contributed by atoms with van der Waals surface area (Å²) < 4.78 is 3.88. The van der Waals surface area contributed by atoms with E-state index in [1.807, 2.05) is 30.6 Å². The van der Waals surface area contributed by atoms with E-state index in [9.17, 15) is 10.5 Å². The number of hydrogen-bond acceptors (Lipinski definition) is 6. The summed E-state index contributed by atoms with van der Waals surface area (Å²) in [7, 11) is 2.16. The van der Waals surface area contributed by atoms with E-state index in [1.54, 1.807) is 16.8 Å². The zero-order valence-corrected chi connectivity index (χ0v) is 20.4. The second kappa shape index (κ2) is 9.15. The largest absolute Gasteiger partial charge is 0.306 e. The molecule has 7 nitrogen and oxygen atoms in total. The number of piperidine rings is 1. The van der Waals surface area contributed by atoms with Crippen LogP contribution in [0.4, 0.5) is 0 Å². The zero-order chi connectivity index (χ0) is 23.8. The van der Waals surface area contributed by atoms with Gasteiger partial charge in [0.2, 0.25) is 0 Å². The van der Waals surface area contributed by atoms with Gasteiger partial charge in [0.15, 0.2) is 0 Å². The molecule has 0 N–H and O–H groups in total. The second-order valence-corrected chi connectivity index (χ2v) is 10.00. The first-order valence-electron chi connectivity index (χ1n) is 11.0. The molecule has 1 fully saturated rings. The number of fused-ring (bicyclic) bond motifs is 1. The van der Waals surface area contributed by atoms with Crippen molar-refractivity contribution in [3.05, 3.63) is 64.7 Å². The van der Waals surface area contributed by atoms with E-state index >= 15 is 0 Å². The first kappa shape index (κ1) is 22.5. The average Bonchev–Trinajstić information content (AvgIpc) is 3.43. The quantitative estimate of drug-likeness (QED) is 0.387. The van der Waals surface area contributed by atoms with Crippen molar-refractivity contribution in [2.75, 3.05) is 20.1 Å². The minimum absolute atomic E-state index is 0.391. The minimum atomic E-state index is 0.391. The number of nitrogens with zero attached hydrogens (tertiary/aromatic N) is 7. The molecule has 1 aromatic carbocycles. The Bertz CT molecular complexity index is 1470. The Kier molecular flexibility index (Phi) is 6.05. The van der Waals surface area contributed by atoms with Crippen molar-refractivity contribution in [2.45, 2.75) is 35.6 Å². The lowest BCUT2D eigenvalue weighted by atomic mass is 10.0. The normalized spacial score (nSPS) is 14.9. The van der Waals surface area contributed by atoms with Gasteiger partial charge in [-0.1, -0.05) is 29.4 Å². The Hall–Kier alpha value is -3.30. The molecular weight excluding hydrogens is 466 g/mol. The fourth-order valence-electron chi connectivity index (χ4n) is 4.52. The average molecular weight is 488 g/mol. The zero-order valence-electron chi connectivity index (χ0n) is 18.9. The number of hydrogen-bond donors (Lipinski definition) is 0. The molecule has 1 aliphatic heterocycles. The van der Waals surface area contributed by atoms with Gasteiger partial charge in [0.05, 0.1) is 40.1 Å². The Labute approximate surface area is 207 Å². The lowest BCUT2D eigenvalue weighted by molar-refractivity contribution is 0.210. The molecule has 4 heterocycles. The molecule has 0 atom stereocenters. The number of aromatic nitrogens is 4. The summed E-state index contributed by atoms with van der Waals surface area (Å²) in [6, 6.07) is 12.3. The highest BCUT2D eigenvalue weighted by Crippen LogP contribution is 2.39. The number of benzene rings is 1. The Morgan fingerprint density at radius 3 is 2.62 bits per heavy atom. The van der Waals surface area contributed by atoms with Gasteiger partial charge in [-0.05, 0) is 58.1 Å².